The second-order valence-corrected chi connectivity index (χ2v) is 3.65. The molecule has 0 radical (unpaired) electrons. The van der Waals surface area contributed by atoms with Gasteiger partial charge in [-0.3, -0.25) is 0 Å². The fourth-order valence-corrected chi connectivity index (χ4v) is 1.45. The van der Waals surface area contributed by atoms with Crippen LogP contribution in [-0.4, -0.2) is 4.98 Å². The highest BCUT2D eigenvalue weighted by molar-refractivity contribution is 5.65. The molecule has 3 N–H and O–H groups in total. The molecule has 0 saturated heterocycles. The molecule has 1 aromatic heterocycles. The number of anilines is 3. The van der Waals surface area contributed by atoms with Gasteiger partial charge in [0.2, 0.25) is 0 Å². The zero-order valence-electron chi connectivity index (χ0n) is 9.42. The number of nitrogens with one attached hydrogen (secondary N) is 1. The highest BCUT2D eigenvalue weighted by Crippen LogP contribution is 2.25. The van der Waals surface area contributed by atoms with Gasteiger partial charge in [0.25, 0.3) is 0 Å². The van der Waals surface area contributed by atoms with Crippen LogP contribution >= 0.6 is 0 Å². The number of nitrogens with two attached hydrogens (primary N) is 1. The summed E-state index contributed by atoms with van der Waals surface area (Å²) in [6.45, 7) is 0. The van der Waals surface area contributed by atoms with Crippen LogP contribution in [0.3, 0.4) is 0 Å². The summed E-state index contributed by atoms with van der Waals surface area (Å²) in [6, 6.07) is 4.13. The molecule has 1 aromatic carbocycles. The van der Waals surface area contributed by atoms with Crippen LogP contribution in [0.2, 0.25) is 0 Å². The molecule has 0 fully saturated rings. The molecule has 96 valence electrons. The van der Waals surface area contributed by atoms with E-state index in [1.54, 1.807) is 6.07 Å². The lowest BCUT2D eigenvalue weighted by atomic mass is 10.2. The summed E-state index contributed by atoms with van der Waals surface area (Å²) < 4.78 is 39.6. The molecule has 2 aromatic rings. The molecular weight excluding hydrogens is 257 g/mol. The summed E-state index contributed by atoms with van der Waals surface area (Å²) in [4.78, 5) is 3.76. The first kappa shape index (κ1) is 12.7. The third kappa shape index (κ3) is 2.57. The van der Waals surface area contributed by atoms with Gasteiger partial charge in [-0.2, -0.15) is 5.26 Å². The third-order valence-electron chi connectivity index (χ3n) is 2.28. The fourth-order valence-electron chi connectivity index (χ4n) is 1.45. The van der Waals surface area contributed by atoms with Crippen molar-refractivity contribution in [1.29, 1.82) is 5.26 Å². The molecule has 0 unspecified atom stereocenters. The summed E-state index contributed by atoms with van der Waals surface area (Å²) >= 11 is 0. The Morgan fingerprint density at radius 1 is 1.16 bits per heavy atom. The second-order valence-electron chi connectivity index (χ2n) is 3.65. The average Bonchev–Trinajstić information content (AvgIpc) is 2.35. The summed E-state index contributed by atoms with van der Waals surface area (Å²) in [5.41, 5.74) is 5.10. The number of halogens is 3. The van der Waals surface area contributed by atoms with Crippen molar-refractivity contribution in [3.63, 3.8) is 0 Å². The van der Waals surface area contributed by atoms with Gasteiger partial charge < -0.3 is 11.1 Å². The normalized spacial score (nSPS) is 10.0. The van der Waals surface area contributed by atoms with Crippen LogP contribution in [-0.2, 0) is 0 Å². The summed E-state index contributed by atoms with van der Waals surface area (Å²) in [6.07, 6.45) is 1.22. The van der Waals surface area contributed by atoms with Crippen LogP contribution in [0, 0.1) is 28.8 Å². The number of hydrogen-bond donors (Lipinski definition) is 2. The van der Waals surface area contributed by atoms with Crippen LogP contribution in [0.25, 0.3) is 0 Å². The number of nitriles is 1. The maximum atomic E-state index is 13.4. The highest BCUT2D eigenvalue weighted by Gasteiger charge is 2.14. The van der Waals surface area contributed by atoms with Crippen molar-refractivity contribution >= 4 is 17.2 Å². The van der Waals surface area contributed by atoms with E-state index in [0.29, 0.717) is 12.1 Å². The lowest BCUT2D eigenvalue weighted by Crippen LogP contribution is -2.03. The first-order chi connectivity index (χ1) is 9.01. The van der Waals surface area contributed by atoms with Crippen molar-refractivity contribution in [1.82, 2.24) is 4.98 Å². The van der Waals surface area contributed by atoms with Gasteiger partial charge in [0.1, 0.15) is 23.4 Å². The van der Waals surface area contributed by atoms with Crippen LogP contribution in [0.4, 0.5) is 30.4 Å². The minimum Gasteiger partial charge on any atom is -0.397 e. The molecule has 7 heteroatoms. The van der Waals surface area contributed by atoms with E-state index in [1.165, 1.54) is 12.3 Å². The van der Waals surface area contributed by atoms with Crippen molar-refractivity contribution in [2.24, 2.45) is 0 Å². The maximum Gasteiger partial charge on any atom is 0.152 e. The summed E-state index contributed by atoms with van der Waals surface area (Å²) in [7, 11) is 0. The lowest BCUT2D eigenvalue weighted by molar-refractivity contribution is 0.549. The molecule has 0 amide bonds. The first-order valence-corrected chi connectivity index (χ1v) is 5.08. The molecule has 4 nitrogen and oxygen atoms in total. The zero-order chi connectivity index (χ0) is 14.0. The van der Waals surface area contributed by atoms with Crippen molar-refractivity contribution in [2.45, 2.75) is 0 Å². The Hall–Kier alpha value is -2.75. The van der Waals surface area contributed by atoms with E-state index in [1.807, 2.05) is 0 Å². The van der Waals surface area contributed by atoms with Crippen LogP contribution in [0.15, 0.2) is 24.4 Å². The van der Waals surface area contributed by atoms with Gasteiger partial charge in [0.05, 0.1) is 17.4 Å². The van der Waals surface area contributed by atoms with Crippen molar-refractivity contribution in [3.05, 3.63) is 47.4 Å². The molecule has 0 aliphatic rings. The van der Waals surface area contributed by atoms with Gasteiger partial charge in [0, 0.05) is 12.1 Å². The van der Waals surface area contributed by atoms with Crippen LogP contribution in [0.1, 0.15) is 5.56 Å². The number of nitrogen functional groups attached to an aromatic ring is 1. The Balaban J connectivity index is 2.45. The number of benzene rings is 1. The quantitative estimate of drug-likeness (QED) is 0.874. The monoisotopic (exact) mass is 264 g/mol. The highest BCUT2D eigenvalue weighted by atomic mass is 19.1. The molecule has 0 aliphatic heterocycles. The Bertz CT molecular complexity index is 656. The summed E-state index contributed by atoms with van der Waals surface area (Å²) in [5, 5.41) is 11.2. The standard InChI is InChI=1S/C12H7F3N4/c13-7-2-9(14)11(10(15)3-7)19-12-6(4-16)1-8(17)5-18-12/h1-3,5H,17H2,(H,18,19). The van der Waals surface area contributed by atoms with E-state index in [-0.39, 0.29) is 17.1 Å². The smallest absolute Gasteiger partial charge is 0.152 e. The Morgan fingerprint density at radius 2 is 1.79 bits per heavy atom. The molecule has 0 saturated carbocycles. The second kappa shape index (κ2) is 4.86. The van der Waals surface area contributed by atoms with E-state index in [2.05, 4.69) is 10.3 Å². The van der Waals surface area contributed by atoms with Crippen molar-refractivity contribution in [2.75, 3.05) is 11.1 Å². The fraction of sp³-hybridized carbons (Fsp3) is 0. The van der Waals surface area contributed by atoms with Gasteiger partial charge in [-0.1, -0.05) is 0 Å². The van der Waals surface area contributed by atoms with Gasteiger partial charge in [-0.15, -0.1) is 0 Å². The van der Waals surface area contributed by atoms with Gasteiger partial charge >= 0.3 is 0 Å². The van der Waals surface area contributed by atoms with Crippen LogP contribution in [0.5, 0.6) is 0 Å². The minimum absolute atomic E-state index is 0.0168. The number of nitrogens with zero attached hydrogens (tertiary/aromatic N) is 2. The van der Waals surface area contributed by atoms with E-state index >= 15 is 0 Å². The number of rotatable bonds is 2. The Kier molecular flexibility index (Phi) is 3.25. The predicted octanol–water partition coefficient (Wildman–Crippen LogP) is 2.70. The largest absolute Gasteiger partial charge is 0.397 e. The first-order valence-electron chi connectivity index (χ1n) is 5.08. The molecule has 19 heavy (non-hydrogen) atoms. The molecule has 2 rings (SSSR count). The molecular formula is C12H7F3N4. The number of aromatic nitrogens is 1. The zero-order valence-corrected chi connectivity index (χ0v) is 9.42. The molecule has 0 bridgehead atoms. The number of hydrogen-bond acceptors (Lipinski definition) is 4. The minimum atomic E-state index is -1.12. The maximum absolute atomic E-state index is 13.4. The molecule has 0 aliphatic carbocycles. The van der Waals surface area contributed by atoms with Gasteiger partial charge in [-0.05, 0) is 6.07 Å². The van der Waals surface area contributed by atoms with E-state index < -0.39 is 23.1 Å². The van der Waals surface area contributed by atoms with E-state index in [4.69, 9.17) is 11.0 Å². The Labute approximate surface area is 106 Å². The summed E-state index contributed by atoms with van der Waals surface area (Å²) in [5.74, 6) is -3.35. The number of pyridine rings is 1. The van der Waals surface area contributed by atoms with E-state index in [9.17, 15) is 13.2 Å². The third-order valence-corrected chi connectivity index (χ3v) is 2.28. The SMILES string of the molecule is N#Cc1cc(N)cnc1Nc1c(F)cc(F)cc1F. The molecule has 1 heterocycles. The topological polar surface area (TPSA) is 74.7 Å². The Morgan fingerprint density at radius 3 is 2.37 bits per heavy atom. The lowest BCUT2D eigenvalue weighted by Gasteiger charge is -2.09. The molecule has 0 atom stereocenters. The van der Waals surface area contributed by atoms with Crippen molar-refractivity contribution in [3.8, 4) is 6.07 Å². The predicted molar refractivity (Wildman–Crippen MR) is 63.0 cm³/mol. The van der Waals surface area contributed by atoms with Gasteiger partial charge in [0.15, 0.2) is 11.6 Å². The van der Waals surface area contributed by atoms with Crippen molar-refractivity contribution < 1.29 is 13.2 Å². The molecule has 0 spiro atoms. The van der Waals surface area contributed by atoms with Gasteiger partial charge in [-0.25, -0.2) is 18.2 Å². The average molecular weight is 264 g/mol. The van der Waals surface area contributed by atoms with E-state index in [0.717, 1.165) is 0 Å². The van der Waals surface area contributed by atoms with Crippen LogP contribution < -0.4 is 11.1 Å².